The molecule has 0 aliphatic rings. The number of nitrogens with one attached hydrogen (secondary N) is 1. The zero-order chi connectivity index (χ0) is 19.9. The Morgan fingerprint density at radius 2 is 2.21 bits per heavy atom. The number of rotatable bonds is 9. The number of benzene rings is 1. The summed E-state index contributed by atoms with van der Waals surface area (Å²) >= 11 is 5.98. The summed E-state index contributed by atoms with van der Waals surface area (Å²) in [5.74, 6) is 0.379. The van der Waals surface area contributed by atoms with Crippen molar-refractivity contribution in [2.75, 3.05) is 6.54 Å². The molecule has 0 aliphatic heterocycles. The number of carbonyl (C=O) groups excluding carboxylic acids is 1. The Labute approximate surface area is 165 Å². The topological polar surface area (TPSA) is 112 Å². The fourth-order valence-corrected chi connectivity index (χ4v) is 2.58. The van der Waals surface area contributed by atoms with Crippen molar-refractivity contribution in [2.24, 2.45) is 0 Å². The number of hydrogen-bond acceptors (Lipinski definition) is 6. The van der Waals surface area contributed by atoms with Crippen LogP contribution >= 0.6 is 11.6 Å². The van der Waals surface area contributed by atoms with Crippen LogP contribution in [0.1, 0.15) is 22.7 Å². The average molecular weight is 405 g/mol. The van der Waals surface area contributed by atoms with Gasteiger partial charge >= 0.3 is 0 Å². The first-order valence-electron chi connectivity index (χ1n) is 8.44. The quantitative estimate of drug-likeness (QED) is 0.332. The zero-order valence-electron chi connectivity index (χ0n) is 14.7. The maximum absolute atomic E-state index is 12.1. The number of nitrogens with zero attached hydrogens (tertiary/aromatic N) is 3. The van der Waals surface area contributed by atoms with Gasteiger partial charge in [-0.15, -0.1) is 0 Å². The molecule has 0 spiro atoms. The summed E-state index contributed by atoms with van der Waals surface area (Å²) in [5.41, 5.74) is -0.131. The molecule has 0 saturated heterocycles. The molecule has 3 aromatic rings. The number of nitro benzene ring substituents is 1. The second-order valence-corrected chi connectivity index (χ2v) is 6.21. The molecular weight excluding hydrogens is 388 g/mol. The highest BCUT2D eigenvalue weighted by Crippen LogP contribution is 2.29. The molecule has 1 aromatic carbocycles. The minimum Gasteiger partial charge on any atom is -0.484 e. The Kier molecular flexibility index (Phi) is 6.28. The summed E-state index contributed by atoms with van der Waals surface area (Å²) < 4.78 is 12.7. The number of hydrogen-bond donors (Lipinski definition) is 1. The summed E-state index contributed by atoms with van der Waals surface area (Å²) in [6.45, 7) is 1.16. The minimum atomic E-state index is -0.537. The summed E-state index contributed by atoms with van der Waals surface area (Å²) in [6.07, 6.45) is 4.29. The Balaban J connectivity index is 1.49. The van der Waals surface area contributed by atoms with E-state index in [9.17, 15) is 14.9 Å². The van der Waals surface area contributed by atoms with Crippen molar-refractivity contribution < 1.29 is 18.9 Å². The molecule has 2 heterocycles. The van der Waals surface area contributed by atoms with E-state index in [1.807, 2.05) is 12.3 Å². The number of ether oxygens (including phenoxy) is 1. The van der Waals surface area contributed by atoms with Gasteiger partial charge in [-0.2, -0.15) is 5.10 Å². The molecular formula is C18H17ClN4O5. The molecule has 0 radical (unpaired) electrons. The third-order valence-corrected chi connectivity index (χ3v) is 4.10. The van der Waals surface area contributed by atoms with Gasteiger partial charge in [0.1, 0.15) is 18.1 Å². The first-order valence-corrected chi connectivity index (χ1v) is 8.82. The number of non-ortho nitro benzene ring substituents is 1. The summed E-state index contributed by atoms with van der Waals surface area (Å²) in [6, 6.07) is 8.89. The Bertz CT molecular complexity index is 955. The third kappa shape index (κ3) is 5.10. The van der Waals surface area contributed by atoms with Crippen LogP contribution in [0.3, 0.4) is 0 Å². The highest BCUT2D eigenvalue weighted by Gasteiger charge is 2.14. The molecule has 10 heteroatoms. The second-order valence-electron chi connectivity index (χ2n) is 5.81. The van der Waals surface area contributed by atoms with E-state index in [2.05, 4.69) is 10.4 Å². The number of furan rings is 1. The summed E-state index contributed by atoms with van der Waals surface area (Å²) in [7, 11) is 0. The highest BCUT2D eigenvalue weighted by molar-refractivity contribution is 6.32. The van der Waals surface area contributed by atoms with Crippen molar-refractivity contribution in [3.8, 4) is 5.75 Å². The SMILES string of the molecule is O=C(NCCCn1cccn1)c1ccc(COc2cc([N+](=O)[O-])ccc2Cl)o1. The Morgan fingerprint density at radius 3 is 2.96 bits per heavy atom. The van der Waals surface area contributed by atoms with E-state index >= 15 is 0 Å². The fourth-order valence-electron chi connectivity index (χ4n) is 2.41. The predicted molar refractivity (Wildman–Crippen MR) is 100 cm³/mol. The van der Waals surface area contributed by atoms with Gasteiger partial charge in [0.15, 0.2) is 5.76 Å². The number of aryl methyl sites for hydroxylation is 1. The van der Waals surface area contributed by atoms with E-state index in [0.717, 1.165) is 6.42 Å². The van der Waals surface area contributed by atoms with Gasteiger partial charge in [-0.05, 0) is 30.7 Å². The van der Waals surface area contributed by atoms with Gasteiger partial charge in [0, 0.05) is 31.5 Å². The molecule has 9 nitrogen and oxygen atoms in total. The van der Waals surface area contributed by atoms with Gasteiger partial charge < -0.3 is 14.5 Å². The standard InChI is InChI=1S/C18H17ClN4O5/c19-15-5-3-13(23(25)26)11-17(15)27-12-14-4-6-16(28-14)18(24)20-7-1-9-22-10-2-8-21-22/h2-6,8,10-11H,1,7,9,12H2,(H,20,24). The van der Waals surface area contributed by atoms with Crippen LogP contribution in [0, 0.1) is 10.1 Å². The van der Waals surface area contributed by atoms with Gasteiger partial charge in [0.2, 0.25) is 0 Å². The average Bonchev–Trinajstić information content (AvgIpc) is 3.36. The maximum Gasteiger partial charge on any atom is 0.286 e. The van der Waals surface area contributed by atoms with Crippen molar-refractivity contribution in [3.63, 3.8) is 0 Å². The predicted octanol–water partition coefficient (Wildman–Crippen LogP) is 3.44. The summed E-state index contributed by atoms with van der Waals surface area (Å²) in [4.78, 5) is 22.4. The van der Waals surface area contributed by atoms with Crippen LogP contribution in [0.25, 0.3) is 0 Å². The van der Waals surface area contributed by atoms with E-state index in [-0.39, 0.29) is 34.7 Å². The van der Waals surface area contributed by atoms with Crippen molar-refractivity contribution in [1.82, 2.24) is 15.1 Å². The van der Waals surface area contributed by atoms with Crippen LogP contribution in [-0.4, -0.2) is 27.2 Å². The Hall–Kier alpha value is -3.33. The van der Waals surface area contributed by atoms with Crippen molar-refractivity contribution in [2.45, 2.75) is 19.6 Å². The fraction of sp³-hybridized carbons (Fsp3) is 0.222. The lowest BCUT2D eigenvalue weighted by atomic mass is 10.3. The molecule has 2 aromatic heterocycles. The van der Waals surface area contributed by atoms with E-state index in [1.54, 1.807) is 16.9 Å². The van der Waals surface area contributed by atoms with E-state index in [0.29, 0.717) is 18.8 Å². The molecule has 0 atom stereocenters. The molecule has 146 valence electrons. The molecule has 3 rings (SSSR count). The lowest BCUT2D eigenvalue weighted by Gasteiger charge is -2.06. The van der Waals surface area contributed by atoms with Gasteiger partial charge in [0.05, 0.1) is 16.0 Å². The zero-order valence-corrected chi connectivity index (χ0v) is 15.5. The van der Waals surface area contributed by atoms with Crippen LogP contribution in [0.15, 0.2) is 53.2 Å². The third-order valence-electron chi connectivity index (χ3n) is 3.79. The molecule has 28 heavy (non-hydrogen) atoms. The van der Waals surface area contributed by atoms with E-state index in [4.69, 9.17) is 20.8 Å². The van der Waals surface area contributed by atoms with Gasteiger partial charge in [0.25, 0.3) is 11.6 Å². The van der Waals surface area contributed by atoms with Gasteiger partial charge in [-0.25, -0.2) is 0 Å². The summed E-state index contributed by atoms with van der Waals surface area (Å²) in [5, 5.41) is 17.9. The van der Waals surface area contributed by atoms with Gasteiger partial charge in [-0.3, -0.25) is 19.6 Å². The van der Waals surface area contributed by atoms with Gasteiger partial charge in [-0.1, -0.05) is 11.6 Å². The number of halogens is 1. The number of aromatic nitrogens is 2. The van der Waals surface area contributed by atoms with Crippen LogP contribution in [0.4, 0.5) is 5.69 Å². The van der Waals surface area contributed by atoms with Crippen LogP contribution in [0.2, 0.25) is 5.02 Å². The normalized spacial score (nSPS) is 10.6. The van der Waals surface area contributed by atoms with Crippen LogP contribution < -0.4 is 10.1 Å². The lowest BCUT2D eigenvalue weighted by Crippen LogP contribution is -2.24. The molecule has 0 unspecified atom stereocenters. The van der Waals surface area contributed by atoms with Crippen LogP contribution in [-0.2, 0) is 13.2 Å². The molecule has 0 bridgehead atoms. The highest BCUT2D eigenvalue weighted by atomic mass is 35.5. The van der Waals surface area contributed by atoms with Crippen molar-refractivity contribution in [3.05, 3.63) is 75.4 Å². The minimum absolute atomic E-state index is 0.0204. The monoisotopic (exact) mass is 404 g/mol. The maximum atomic E-state index is 12.1. The number of carbonyl (C=O) groups is 1. The smallest absolute Gasteiger partial charge is 0.286 e. The molecule has 0 saturated carbocycles. The molecule has 0 aliphatic carbocycles. The first-order chi connectivity index (χ1) is 13.5. The van der Waals surface area contributed by atoms with Crippen molar-refractivity contribution in [1.29, 1.82) is 0 Å². The molecule has 0 fully saturated rings. The number of nitro groups is 1. The number of amides is 1. The van der Waals surface area contributed by atoms with E-state index < -0.39 is 4.92 Å². The Morgan fingerprint density at radius 1 is 1.36 bits per heavy atom. The second kappa shape index (κ2) is 9.05. The first kappa shape index (κ1) is 19.4. The molecule has 1 amide bonds. The lowest BCUT2D eigenvalue weighted by molar-refractivity contribution is -0.384. The largest absolute Gasteiger partial charge is 0.484 e. The van der Waals surface area contributed by atoms with E-state index in [1.165, 1.54) is 24.3 Å². The van der Waals surface area contributed by atoms with Crippen molar-refractivity contribution >= 4 is 23.2 Å². The van der Waals surface area contributed by atoms with Crippen LogP contribution in [0.5, 0.6) is 5.75 Å². The molecule has 1 N–H and O–H groups in total.